The van der Waals surface area contributed by atoms with Crippen molar-refractivity contribution in [2.24, 2.45) is 11.1 Å². The summed E-state index contributed by atoms with van der Waals surface area (Å²) in [6.07, 6.45) is 3.48. The van der Waals surface area contributed by atoms with E-state index in [1.807, 2.05) is 23.6 Å². The SMILES string of the molecule is NC(=O)[C@]1(Cc2ccccc2-c2cccs2)CCCN(C(=O)c2ccn[nH]2)C1. The van der Waals surface area contributed by atoms with E-state index in [-0.39, 0.29) is 11.8 Å². The van der Waals surface area contributed by atoms with Gasteiger partial charge in [0.1, 0.15) is 5.69 Å². The van der Waals surface area contributed by atoms with Gasteiger partial charge in [-0.05, 0) is 47.9 Å². The summed E-state index contributed by atoms with van der Waals surface area (Å²) < 4.78 is 0. The number of primary amides is 1. The van der Waals surface area contributed by atoms with E-state index in [0.717, 1.165) is 22.4 Å². The van der Waals surface area contributed by atoms with E-state index in [9.17, 15) is 9.59 Å². The molecule has 0 aliphatic carbocycles. The number of rotatable bonds is 5. The lowest BCUT2D eigenvalue weighted by Gasteiger charge is -2.41. The first-order valence-corrected chi connectivity index (χ1v) is 10.2. The fourth-order valence-corrected chi connectivity index (χ4v) is 4.78. The molecule has 0 spiro atoms. The third kappa shape index (κ3) is 3.45. The predicted octanol–water partition coefficient (Wildman–Crippen LogP) is 3.09. The van der Waals surface area contributed by atoms with Gasteiger partial charge in [-0.15, -0.1) is 11.3 Å². The van der Waals surface area contributed by atoms with Gasteiger partial charge in [0, 0.05) is 24.2 Å². The number of carbonyl (C=O) groups is 2. The van der Waals surface area contributed by atoms with E-state index in [1.165, 1.54) is 0 Å². The molecule has 0 unspecified atom stereocenters. The zero-order valence-corrected chi connectivity index (χ0v) is 16.2. The number of nitrogens with one attached hydrogen (secondary N) is 1. The monoisotopic (exact) mass is 394 g/mol. The first-order chi connectivity index (χ1) is 13.6. The van der Waals surface area contributed by atoms with Crippen molar-refractivity contribution in [2.75, 3.05) is 13.1 Å². The van der Waals surface area contributed by atoms with Crippen LogP contribution in [-0.4, -0.2) is 40.0 Å². The van der Waals surface area contributed by atoms with Crippen molar-refractivity contribution in [1.29, 1.82) is 0 Å². The Morgan fingerprint density at radius 3 is 2.79 bits per heavy atom. The van der Waals surface area contributed by atoms with Crippen molar-refractivity contribution in [3.63, 3.8) is 0 Å². The van der Waals surface area contributed by atoms with Crippen LogP contribution in [0, 0.1) is 5.41 Å². The standard InChI is InChI=1S/C21H22N4O2S/c22-20(27)21(9-4-11-25(14-21)19(26)17-8-10-23-24-17)13-15-5-1-2-6-16(15)18-7-3-12-28-18/h1-3,5-8,10,12H,4,9,11,13-14H2,(H2,22,27)(H,23,24)/t21-/m0/s1. The van der Waals surface area contributed by atoms with Gasteiger partial charge in [-0.25, -0.2) is 0 Å². The topological polar surface area (TPSA) is 92.1 Å². The first-order valence-electron chi connectivity index (χ1n) is 9.29. The molecule has 4 rings (SSSR count). The lowest BCUT2D eigenvalue weighted by Crippen LogP contribution is -2.53. The number of hydrogen-bond donors (Lipinski definition) is 2. The van der Waals surface area contributed by atoms with E-state index in [4.69, 9.17) is 5.73 Å². The molecule has 28 heavy (non-hydrogen) atoms. The minimum absolute atomic E-state index is 0.144. The van der Waals surface area contributed by atoms with Gasteiger partial charge in [0.25, 0.3) is 5.91 Å². The highest BCUT2D eigenvalue weighted by Gasteiger charge is 2.43. The molecule has 2 aromatic heterocycles. The summed E-state index contributed by atoms with van der Waals surface area (Å²) in [7, 11) is 0. The van der Waals surface area contributed by atoms with Gasteiger partial charge in [0.05, 0.1) is 5.41 Å². The van der Waals surface area contributed by atoms with E-state index < -0.39 is 5.41 Å². The smallest absolute Gasteiger partial charge is 0.271 e. The second-order valence-electron chi connectivity index (χ2n) is 7.26. The minimum Gasteiger partial charge on any atom is -0.369 e. The van der Waals surface area contributed by atoms with Crippen LogP contribution in [0.2, 0.25) is 0 Å². The Morgan fingerprint density at radius 1 is 1.21 bits per heavy atom. The van der Waals surface area contributed by atoms with Gasteiger partial charge in [0.15, 0.2) is 0 Å². The minimum atomic E-state index is -0.776. The molecular formula is C21H22N4O2S. The van der Waals surface area contributed by atoms with Crippen molar-refractivity contribution in [2.45, 2.75) is 19.3 Å². The van der Waals surface area contributed by atoms with Gasteiger partial charge >= 0.3 is 0 Å². The van der Waals surface area contributed by atoms with Gasteiger partial charge in [-0.3, -0.25) is 14.7 Å². The normalized spacial score (nSPS) is 19.5. The Balaban J connectivity index is 1.64. The van der Waals surface area contributed by atoms with Crippen LogP contribution in [0.1, 0.15) is 28.9 Å². The molecule has 1 aliphatic heterocycles. The maximum absolute atomic E-state index is 12.8. The summed E-state index contributed by atoms with van der Waals surface area (Å²) >= 11 is 1.67. The van der Waals surface area contributed by atoms with Crippen molar-refractivity contribution in [3.8, 4) is 10.4 Å². The molecule has 1 aliphatic rings. The van der Waals surface area contributed by atoms with Crippen LogP contribution in [-0.2, 0) is 11.2 Å². The quantitative estimate of drug-likeness (QED) is 0.696. The van der Waals surface area contributed by atoms with Crippen LogP contribution in [0.4, 0.5) is 0 Å². The molecule has 3 heterocycles. The number of aromatic amines is 1. The van der Waals surface area contributed by atoms with Gasteiger partial charge in [-0.1, -0.05) is 30.3 Å². The molecule has 7 heteroatoms. The van der Waals surface area contributed by atoms with Crippen LogP contribution in [0.25, 0.3) is 10.4 Å². The van der Waals surface area contributed by atoms with Crippen molar-refractivity contribution in [1.82, 2.24) is 15.1 Å². The van der Waals surface area contributed by atoms with E-state index >= 15 is 0 Å². The van der Waals surface area contributed by atoms with Crippen LogP contribution in [0.5, 0.6) is 0 Å². The van der Waals surface area contributed by atoms with Crippen LogP contribution >= 0.6 is 11.3 Å². The Bertz CT molecular complexity index is 968. The number of H-pyrrole nitrogens is 1. The average molecular weight is 395 g/mol. The second-order valence-corrected chi connectivity index (χ2v) is 8.20. The third-order valence-electron chi connectivity index (χ3n) is 5.45. The molecule has 6 nitrogen and oxygen atoms in total. The summed E-state index contributed by atoms with van der Waals surface area (Å²) in [5, 5.41) is 8.61. The Labute approximate surface area is 167 Å². The fourth-order valence-electron chi connectivity index (χ4n) is 3.99. The highest BCUT2D eigenvalue weighted by Crippen LogP contribution is 2.38. The lowest BCUT2D eigenvalue weighted by atomic mass is 9.73. The molecule has 144 valence electrons. The summed E-state index contributed by atoms with van der Waals surface area (Å²) in [5.74, 6) is -0.495. The number of thiophene rings is 1. The molecule has 3 aromatic rings. The highest BCUT2D eigenvalue weighted by atomic mass is 32.1. The van der Waals surface area contributed by atoms with Crippen molar-refractivity contribution >= 4 is 23.2 Å². The molecule has 3 N–H and O–H groups in total. The molecule has 1 fully saturated rings. The number of aromatic nitrogens is 2. The van der Waals surface area contributed by atoms with Crippen molar-refractivity contribution in [3.05, 3.63) is 65.3 Å². The zero-order chi connectivity index (χ0) is 19.6. The van der Waals surface area contributed by atoms with Crippen LogP contribution in [0.3, 0.4) is 0 Å². The molecule has 1 atom stereocenters. The third-order valence-corrected chi connectivity index (χ3v) is 6.35. The van der Waals surface area contributed by atoms with Crippen molar-refractivity contribution < 1.29 is 9.59 Å². The van der Waals surface area contributed by atoms with Gasteiger partial charge < -0.3 is 10.6 Å². The summed E-state index contributed by atoms with van der Waals surface area (Å²) in [6, 6.07) is 13.9. The number of amides is 2. The second kappa shape index (κ2) is 7.59. The molecule has 0 radical (unpaired) electrons. The van der Waals surface area contributed by atoms with Crippen LogP contribution < -0.4 is 5.73 Å². The maximum atomic E-state index is 12.8. The zero-order valence-electron chi connectivity index (χ0n) is 15.4. The number of nitrogens with zero attached hydrogens (tertiary/aromatic N) is 2. The summed E-state index contributed by atoms with van der Waals surface area (Å²) in [6.45, 7) is 0.929. The van der Waals surface area contributed by atoms with E-state index in [1.54, 1.807) is 28.5 Å². The maximum Gasteiger partial charge on any atom is 0.271 e. The molecular weight excluding hydrogens is 372 g/mol. The largest absolute Gasteiger partial charge is 0.369 e. The summed E-state index contributed by atoms with van der Waals surface area (Å²) in [5.41, 5.74) is 7.76. The Morgan fingerprint density at radius 2 is 2.07 bits per heavy atom. The molecule has 2 amide bonds. The number of benzene rings is 1. The Hall–Kier alpha value is -2.93. The van der Waals surface area contributed by atoms with E-state index in [2.05, 4.69) is 28.4 Å². The number of likely N-dealkylation sites (tertiary alicyclic amines) is 1. The molecule has 0 saturated carbocycles. The van der Waals surface area contributed by atoms with Crippen LogP contribution in [0.15, 0.2) is 54.0 Å². The molecule has 1 aromatic carbocycles. The molecule has 0 bridgehead atoms. The Kier molecular flexibility index (Phi) is 5.00. The van der Waals surface area contributed by atoms with Gasteiger partial charge in [0.2, 0.25) is 5.91 Å². The highest BCUT2D eigenvalue weighted by molar-refractivity contribution is 7.13. The number of piperidine rings is 1. The van der Waals surface area contributed by atoms with E-state index in [0.29, 0.717) is 31.6 Å². The summed E-state index contributed by atoms with van der Waals surface area (Å²) in [4.78, 5) is 28.3. The predicted molar refractivity (Wildman–Crippen MR) is 109 cm³/mol. The number of hydrogen-bond acceptors (Lipinski definition) is 4. The average Bonchev–Trinajstić information content (AvgIpc) is 3.42. The lowest BCUT2D eigenvalue weighted by molar-refractivity contribution is -0.130. The number of nitrogens with two attached hydrogens (primary N) is 1. The van der Waals surface area contributed by atoms with Gasteiger partial charge in [-0.2, -0.15) is 5.10 Å². The first kappa shape index (κ1) is 18.4. The number of carbonyl (C=O) groups excluding carboxylic acids is 2. The molecule has 1 saturated heterocycles. The fraction of sp³-hybridized carbons (Fsp3) is 0.286.